The van der Waals surface area contributed by atoms with Crippen molar-refractivity contribution in [3.8, 4) is 0 Å². The van der Waals surface area contributed by atoms with Gasteiger partial charge < -0.3 is 16.4 Å². The van der Waals surface area contributed by atoms with Crippen LogP contribution in [0.1, 0.15) is 79.1 Å². The van der Waals surface area contributed by atoms with Gasteiger partial charge in [-0.05, 0) is 48.9 Å². The van der Waals surface area contributed by atoms with Crippen LogP contribution in [0.2, 0.25) is 5.15 Å². The van der Waals surface area contributed by atoms with Crippen LogP contribution < -0.4 is 16.4 Å². The van der Waals surface area contributed by atoms with Crippen LogP contribution in [0.25, 0.3) is 22.1 Å². The van der Waals surface area contributed by atoms with Crippen molar-refractivity contribution in [1.29, 1.82) is 0 Å². The number of hydrogen-bond donors (Lipinski definition) is 3. The van der Waals surface area contributed by atoms with Gasteiger partial charge in [-0.15, -0.1) is 0 Å². The molecule has 0 radical (unpaired) electrons. The Morgan fingerprint density at radius 2 is 1.07 bits per heavy atom. The van der Waals surface area contributed by atoms with Crippen molar-refractivity contribution in [1.82, 2.24) is 19.9 Å². The molecule has 8 heteroatoms. The Morgan fingerprint density at radius 3 is 1.55 bits per heavy atom. The lowest BCUT2D eigenvalue weighted by Crippen LogP contribution is -2.16. The van der Waals surface area contributed by atoms with Crippen molar-refractivity contribution in [2.45, 2.75) is 79.1 Å². The number of nitrogen functional groups attached to an aromatic ring is 1. The lowest BCUT2D eigenvalue weighted by Gasteiger charge is -2.16. The molecule has 2 aromatic heterocycles. The van der Waals surface area contributed by atoms with Crippen LogP contribution in [0.3, 0.4) is 0 Å². The minimum Gasteiger partial charge on any atom is -0.381 e. The Balaban J connectivity index is 0.000000220. The van der Waals surface area contributed by atoms with Crippen LogP contribution in [0, 0.1) is 11.8 Å². The summed E-state index contributed by atoms with van der Waals surface area (Å²) in [5, 5.41) is 7.18. The second kappa shape index (κ2) is 16.8. The summed E-state index contributed by atoms with van der Waals surface area (Å²) in [5.74, 6) is 3.22. The molecule has 216 valence electrons. The maximum Gasteiger partial charge on any atom is 0.172 e. The third kappa shape index (κ3) is 9.47. The zero-order chi connectivity index (χ0) is 28.7. The molecule has 0 bridgehead atoms. The molecule has 0 saturated heterocycles. The van der Waals surface area contributed by atoms with Gasteiger partial charge in [0.05, 0.1) is 22.1 Å². The van der Waals surface area contributed by atoms with Crippen molar-refractivity contribution >= 4 is 51.1 Å². The molecule has 2 unspecified atom stereocenters. The van der Waals surface area contributed by atoms with Crippen molar-refractivity contribution in [3.63, 3.8) is 0 Å². The topological polar surface area (TPSA) is 102 Å². The van der Waals surface area contributed by atoms with E-state index < -0.39 is 0 Å². The first kappa shape index (κ1) is 31.3. The lowest BCUT2D eigenvalue weighted by molar-refractivity contribution is 0.472. The molecule has 2 heterocycles. The lowest BCUT2D eigenvalue weighted by atomic mass is 9.99. The van der Waals surface area contributed by atoms with Crippen molar-refractivity contribution < 1.29 is 0 Å². The third-order valence-electron chi connectivity index (χ3n) is 7.33. The standard InChI is InChI=1S/C16H22ClN3.C16H24N4/c2*1-3-5-8-12(4-2)11-18-16-15(17)19-13-9-6-7-10-14(13)20-16/h6-7,9-10,12H,3-5,8,11H2,1-2H3,(H,18,20);6-7,9-10,12H,3-5,8,11H2,1-2H3,(H2,17,19)(H,18,20). The molecule has 0 aliphatic rings. The van der Waals surface area contributed by atoms with Crippen LogP contribution in [-0.2, 0) is 0 Å². The summed E-state index contributed by atoms with van der Waals surface area (Å²) in [7, 11) is 0. The number of para-hydroxylation sites is 4. The van der Waals surface area contributed by atoms with Gasteiger partial charge in [0, 0.05) is 13.1 Å². The van der Waals surface area contributed by atoms with Gasteiger partial charge in [0.25, 0.3) is 0 Å². The van der Waals surface area contributed by atoms with E-state index in [1.165, 1.54) is 51.4 Å². The van der Waals surface area contributed by atoms with E-state index in [2.05, 4.69) is 58.3 Å². The second-order valence-electron chi connectivity index (χ2n) is 10.4. The summed E-state index contributed by atoms with van der Waals surface area (Å²) < 4.78 is 0. The fourth-order valence-corrected chi connectivity index (χ4v) is 4.80. The Labute approximate surface area is 244 Å². The average molecular weight is 564 g/mol. The molecule has 7 nitrogen and oxygen atoms in total. The number of fused-ring (bicyclic) bond motifs is 2. The average Bonchev–Trinajstić information content (AvgIpc) is 2.98. The first-order valence-electron chi connectivity index (χ1n) is 14.9. The SMILES string of the molecule is CCCCC(CC)CNc1nc2ccccc2nc1Cl.CCCCC(CC)CNc1nc2ccccc2nc1N. The maximum atomic E-state index is 6.20. The first-order valence-corrected chi connectivity index (χ1v) is 15.3. The number of aromatic nitrogens is 4. The molecular formula is C32H46ClN7. The molecule has 0 fully saturated rings. The van der Waals surface area contributed by atoms with E-state index in [0.717, 1.165) is 35.2 Å². The van der Waals surface area contributed by atoms with E-state index in [1.807, 2.05) is 48.5 Å². The highest BCUT2D eigenvalue weighted by Crippen LogP contribution is 2.23. The molecule has 0 saturated carbocycles. The number of nitrogens with zero attached hydrogens (tertiary/aromatic N) is 4. The van der Waals surface area contributed by atoms with E-state index >= 15 is 0 Å². The zero-order valence-corrected chi connectivity index (χ0v) is 25.3. The number of benzene rings is 2. The third-order valence-corrected chi connectivity index (χ3v) is 7.59. The number of rotatable bonds is 14. The molecule has 4 aromatic rings. The number of unbranched alkanes of at least 4 members (excludes halogenated alkanes) is 2. The van der Waals surface area contributed by atoms with Gasteiger partial charge in [-0.2, -0.15) is 0 Å². The second-order valence-corrected chi connectivity index (χ2v) is 10.8. The largest absolute Gasteiger partial charge is 0.381 e. The van der Waals surface area contributed by atoms with Gasteiger partial charge >= 0.3 is 0 Å². The van der Waals surface area contributed by atoms with Crippen LogP contribution in [0.15, 0.2) is 48.5 Å². The fraction of sp³-hybridized carbons (Fsp3) is 0.500. The number of nitrogens with one attached hydrogen (secondary N) is 2. The molecule has 0 aliphatic carbocycles. The molecule has 40 heavy (non-hydrogen) atoms. The quantitative estimate of drug-likeness (QED) is 0.141. The summed E-state index contributed by atoms with van der Waals surface area (Å²) in [4.78, 5) is 17.9. The van der Waals surface area contributed by atoms with E-state index in [4.69, 9.17) is 17.3 Å². The van der Waals surface area contributed by atoms with Crippen molar-refractivity contribution in [2.24, 2.45) is 11.8 Å². The van der Waals surface area contributed by atoms with Gasteiger partial charge in [-0.25, -0.2) is 19.9 Å². The summed E-state index contributed by atoms with van der Waals surface area (Å²) >= 11 is 6.20. The summed E-state index contributed by atoms with van der Waals surface area (Å²) in [6, 6.07) is 15.6. The highest BCUT2D eigenvalue weighted by Gasteiger charge is 2.11. The minimum absolute atomic E-state index is 0.453. The van der Waals surface area contributed by atoms with Gasteiger partial charge in [0.15, 0.2) is 22.6 Å². The fourth-order valence-electron chi connectivity index (χ4n) is 4.60. The normalized spacial score (nSPS) is 12.5. The Bertz CT molecular complexity index is 1210. The number of hydrogen-bond acceptors (Lipinski definition) is 7. The predicted molar refractivity (Wildman–Crippen MR) is 172 cm³/mol. The summed E-state index contributed by atoms with van der Waals surface area (Å²) in [5.41, 5.74) is 9.41. The maximum absolute atomic E-state index is 6.20. The summed E-state index contributed by atoms with van der Waals surface area (Å²) in [6.45, 7) is 10.7. The van der Waals surface area contributed by atoms with Crippen molar-refractivity contribution in [2.75, 3.05) is 29.5 Å². The highest BCUT2D eigenvalue weighted by atomic mass is 35.5. The first-order chi connectivity index (χ1) is 19.5. The van der Waals surface area contributed by atoms with Gasteiger partial charge in [0.2, 0.25) is 0 Å². The van der Waals surface area contributed by atoms with E-state index in [0.29, 0.717) is 34.4 Å². The molecule has 2 atom stereocenters. The monoisotopic (exact) mass is 563 g/mol. The molecule has 4 N–H and O–H groups in total. The zero-order valence-electron chi connectivity index (χ0n) is 24.6. The Hall–Kier alpha value is -3.19. The summed E-state index contributed by atoms with van der Waals surface area (Å²) in [6.07, 6.45) is 9.89. The van der Waals surface area contributed by atoms with Crippen LogP contribution in [0.4, 0.5) is 17.5 Å². The molecule has 2 aromatic carbocycles. The van der Waals surface area contributed by atoms with Gasteiger partial charge in [0.1, 0.15) is 0 Å². The van der Waals surface area contributed by atoms with E-state index in [-0.39, 0.29) is 0 Å². The smallest absolute Gasteiger partial charge is 0.172 e. The Kier molecular flexibility index (Phi) is 13.2. The van der Waals surface area contributed by atoms with Crippen LogP contribution >= 0.6 is 11.6 Å². The number of nitrogens with two attached hydrogens (primary N) is 1. The number of anilines is 3. The minimum atomic E-state index is 0.453. The molecule has 4 rings (SSSR count). The van der Waals surface area contributed by atoms with Crippen LogP contribution in [0.5, 0.6) is 0 Å². The molecule has 0 spiro atoms. The molecule has 0 amide bonds. The van der Waals surface area contributed by atoms with Crippen LogP contribution in [-0.4, -0.2) is 33.0 Å². The molecule has 0 aliphatic heterocycles. The predicted octanol–water partition coefficient (Wildman–Crippen LogP) is 8.75. The Morgan fingerprint density at radius 1 is 0.650 bits per heavy atom. The molecular weight excluding hydrogens is 518 g/mol. The van der Waals surface area contributed by atoms with E-state index in [1.54, 1.807) is 0 Å². The van der Waals surface area contributed by atoms with Gasteiger partial charge in [-0.1, -0.05) is 102 Å². The van der Waals surface area contributed by atoms with E-state index in [9.17, 15) is 0 Å². The highest BCUT2D eigenvalue weighted by molar-refractivity contribution is 6.32. The van der Waals surface area contributed by atoms with Crippen molar-refractivity contribution in [3.05, 3.63) is 53.7 Å². The number of halogens is 1. The van der Waals surface area contributed by atoms with Gasteiger partial charge in [-0.3, -0.25) is 0 Å².